The molecule has 1 aromatic heterocycles. The molecule has 1 saturated heterocycles. The summed E-state index contributed by atoms with van der Waals surface area (Å²) in [5.41, 5.74) is 3.68. The van der Waals surface area contributed by atoms with Crippen molar-refractivity contribution >= 4 is 27.5 Å². The van der Waals surface area contributed by atoms with Crippen LogP contribution in [0.4, 0.5) is 0 Å². The average molecular weight is 379 g/mol. The predicted molar refractivity (Wildman–Crippen MR) is 112 cm³/mol. The molecule has 1 aliphatic heterocycles. The third kappa shape index (κ3) is 4.22. The molecule has 2 aromatic carbocycles. The van der Waals surface area contributed by atoms with E-state index in [9.17, 15) is 4.79 Å². The van der Waals surface area contributed by atoms with E-state index in [1.165, 1.54) is 20.8 Å². The van der Waals surface area contributed by atoms with E-state index >= 15 is 0 Å². The molecule has 1 fully saturated rings. The zero-order valence-electron chi connectivity index (χ0n) is 15.9. The van der Waals surface area contributed by atoms with Crippen molar-refractivity contribution in [3.05, 3.63) is 64.7 Å². The number of likely N-dealkylation sites (tertiary alicyclic amines) is 1. The summed E-state index contributed by atoms with van der Waals surface area (Å²) < 4.78 is 1.24. The molecule has 2 heterocycles. The van der Waals surface area contributed by atoms with Crippen LogP contribution in [-0.2, 0) is 17.6 Å². The molecular weight excluding hydrogens is 352 g/mol. The molecular formula is C23H26N2OS. The molecule has 4 heteroatoms. The topological polar surface area (TPSA) is 33.2 Å². The standard InChI is InChI=1S/C23H26N2OS/c1-2-17-9-11-18(12-10-17)13-14-22(26)25-15-5-6-19(16-25)23-24-20-7-3-4-8-21(20)27-23/h3-4,7-12,19H,2,5-6,13-16H2,1H3/t19-/m1/s1. The van der Waals surface area contributed by atoms with Gasteiger partial charge >= 0.3 is 0 Å². The second-order valence-corrected chi connectivity index (χ2v) is 8.43. The monoisotopic (exact) mass is 378 g/mol. The Labute approximate surface area is 165 Å². The highest BCUT2D eigenvalue weighted by molar-refractivity contribution is 7.18. The highest BCUT2D eigenvalue weighted by Crippen LogP contribution is 2.33. The van der Waals surface area contributed by atoms with Gasteiger partial charge in [-0.1, -0.05) is 43.3 Å². The highest BCUT2D eigenvalue weighted by atomic mass is 32.1. The van der Waals surface area contributed by atoms with E-state index in [0.717, 1.165) is 44.3 Å². The number of carbonyl (C=O) groups excluding carboxylic acids is 1. The summed E-state index contributed by atoms with van der Waals surface area (Å²) in [6.45, 7) is 3.86. The first kappa shape index (κ1) is 18.2. The molecule has 3 aromatic rings. The number of aromatic nitrogens is 1. The number of rotatable bonds is 5. The molecule has 0 N–H and O–H groups in total. The SMILES string of the molecule is CCc1ccc(CCC(=O)N2CCC[C@@H](c3nc4ccccc4s3)C2)cc1. The normalized spacial score (nSPS) is 17.4. The first-order valence-corrected chi connectivity index (χ1v) is 10.8. The minimum absolute atomic E-state index is 0.278. The van der Waals surface area contributed by atoms with Gasteiger partial charge in [0.15, 0.2) is 0 Å². The van der Waals surface area contributed by atoms with E-state index in [4.69, 9.17) is 4.98 Å². The summed E-state index contributed by atoms with van der Waals surface area (Å²) in [7, 11) is 0. The van der Waals surface area contributed by atoms with Crippen LogP contribution in [0.1, 0.15) is 48.2 Å². The van der Waals surface area contributed by atoms with Gasteiger partial charge in [-0.15, -0.1) is 11.3 Å². The minimum atomic E-state index is 0.278. The van der Waals surface area contributed by atoms with Crippen LogP contribution in [0.5, 0.6) is 0 Å². The molecule has 140 valence electrons. The minimum Gasteiger partial charge on any atom is -0.342 e. The van der Waals surface area contributed by atoms with Crippen LogP contribution in [0, 0.1) is 0 Å². The largest absolute Gasteiger partial charge is 0.342 e. The molecule has 0 saturated carbocycles. The van der Waals surface area contributed by atoms with Gasteiger partial charge in [0, 0.05) is 25.4 Å². The Morgan fingerprint density at radius 1 is 1.15 bits per heavy atom. The number of piperidine rings is 1. The van der Waals surface area contributed by atoms with Gasteiger partial charge in [-0.05, 0) is 48.9 Å². The Balaban J connectivity index is 1.37. The van der Waals surface area contributed by atoms with Crippen molar-refractivity contribution in [2.75, 3.05) is 13.1 Å². The first-order chi connectivity index (χ1) is 13.2. The van der Waals surface area contributed by atoms with E-state index in [-0.39, 0.29) is 5.91 Å². The van der Waals surface area contributed by atoms with E-state index < -0.39 is 0 Å². The van der Waals surface area contributed by atoms with E-state index in [2.05, 4.69) is 54.3 Å². The van der Waals surface area contributed by atoms with Crippen LogP contribution in [0.3, 0.4) is 0 Å². The molecule has 0 radical (unpaired) electrons. The third-order valence-corrected chi connectivity index (χ3v) is 6.69. The maximum atomic E-state index is 12.8. The van der Waals surface area contributed by atoms with Gasteiger partial charge in [0.25, 0.3) is 0 Å². The number of amides is 1. The van der Waals surface area contributed by atoms with Crippen LogP contribution in [0.25, 0.3) is 10.2 Å². The van der Waals surface area contributed by atoms with Gasteiger partial charge in [-0.2, -0.15) is 0 Å². The van der Waals surface area contributed by atoms with E-state index in [0.29, 0.717) is 12.3 Å². The second-order valence-electron chi connectivity index (χ2n) is 7.37. The quantitative estimate of drug-likeness (QED) is 0.611. The van der Waals surface area contributed by atoms with E-state index in [1.54, 1.807) is 11.3 Å². The Morgan fingerprint density at radius 3 is 2.70 bits per heavy atom. The molecule has 1 atom stereocenters. The zero-order chi connectivity index (χ0) is 18.6. The molecule has 1 aliphatic rings. The number of carbonyl (C=O) groups is 1. The van der Waals surface area contributed by atoms with Gasteiger partial charge in [0.05, 0.1) is 15.2 Å². The van der Waals surface area contributed by atoms with Crippen molar-refractivity contribution < 1.29 is 4.79 Å². The Kier molecular flexibility index (Phi) is 5.53. The summed E-state index contributed by atoms with van der Waals surface area (Å²) >= 11 is 1.78. The lowest BCUT2D eigenvalue weighted by Crippen LogP contribution is -2.39. The summed E-state index contributed by atoms with van der Waals surface area (Å²) in [6.07, 6.45) is 4.67. The summed E-state index contributed by atoms with van der Waals surface area (Å²) in [4.78, 5) is 19.6. The number of thiazole rings is 1. The third-order valence-electron chi connectivity index (χ3n) is 5.49. The lowest BCUT2D eigenvalue weighted by Gasteiger charge is -2.32. The molecule has 1 amide bonds. The summed E-state index contributed by atoms with van der Waals surface area (Å²) in [5, 5.41) is 1.18. The van der Waals surface area contributed by atoms with Crippen LogP contribution in [0.15, 0.2) is 48.5 Å². The number of para-hydroxylation sites is 1. The first-order valence-electron chi connectivity index (χ1n) is 9.94. The Morgan fingerprint density at radius 2 is 1.93 bits per heavy atom. The van der Waals surface area contributed by atoms with Crippen LogP contribution in [0.2, 0.25) is 0 Å². The molecule has 3 nitrogen and oxygen atoms in total. The Bertz CT molecular complexity index is 883. The maximum absolute atomic E-state index is 12.8. The van der Waals surface area contributed by atoms with Crippen molar-refractivity contribution in [2.45, 2.75) is 44.9 Å². The Hall–Kier alpha value is -2.20. The predicted octanol–water partition coefficient (Wildman–Crippen LogP) is 5.20. The fraction of sp³-hybridized carbons (Fsp3) is 0.391. The summed E-state index contributed by atoms with van der Waals surface area (Å²) in [5.74, 6) is 0.657. The number of hydrogen-bond acceptors (Lipinski definition) is 3. The second kappa shape index (κ2) is 8.22. The lowest BCUT2D eigenvalue weighted by molar-refractivity contribution is -0.132. The number of benzene rings is 2. The zero-order valence-corrected chi connectivity index (χ0v) is 16.7. The van der Waals surface area contributed by atoms with Gasteiger partial charge in [0.2, 0.25) is 5.91 Å². The van der Waals surface area contributed by atoms with Crippen molar-refractivity contribution in [3.8, 4) is 0 Å². The molecule has 27 heavy (non-hydrogen) atoms. The smallest absolute Gasteiger partial charge is 0.222 e. The molecule has 0 aliphatic carbocycles. The van der Waals surface area contributed by atoms with Crippen LogP contribution < -0.4 is 0 Å². The van der Waals surface area contributed by atoms with Gasteiger partial charge < -0.3 is 4.90 Å². The fourth-order valence-corrected chi connectivity index (χ4v) is 4.91. The van der Waals surface area contributed by atoms with Crippen LogP contribution >= 0.6 is 11.3 Å². The fourth-order valence-electron chi connectivity index (χ4n) is 3.82. The van der Waals surface area contributed by atoms with Crippen molar-refractivity contribution in [3.63, 3.8) is 0 Å². The van der Waals surface area contributed by atoms with Crippen molar-refractivity contribution in [2.24, 2.45) is 0 Å². The average Bonchev–Trinajstić information content (AvgIpc) is 3.17. The number of aryl methyl sites for hydroxylation is 2. The lowest BCUT2D eigenvalue weighted by atomic mass is 9.98. The number of fused-ring (bicyclic) bond motifs is 1. The van der Waals surface area contributed by atoms with Gasteiger partial charge in [-0.3, -0.25) is 4.79 Å². The van der Waals surface area contributed by atoms with Crippen molar-refractivity contribution in [1.29, 1.82) is 0 Å². The van der Waals surface area contributed by atoms with Crippen molar-refractivity contribution in [1.82, 2.24) is 9.88 Å². The molecule has 4 rings (SSSR count). The molecule has 0 unspecified atom stereocenters. The molecule has 0 bridgehead atoms. The van der Waals surface area contributed by atoms with Crippen LogP contribution in [-0.4, -0.2) is 28.9 Å². The molecule has 0 spiro atoms. The summed E-state index contributed by atoms with van der Waals surface area (Å²) in [6, 6.07) is 17.0. The van der Waals surface area contributed by atoms with Gasteiger partial charge in [0.1, 0.15) is 0 Å². The number of hydrogen-bond donors (Lipinski definition) is 0. The maximum Gasteiger partial charge on any atom is 0.222 e. The number of nitrogens with zero attached hydrogens (tertiary/aromatic N) is 2. The highest BCUT2D eigenvalue weighted by Gasteiger charge is 2.26. The van der Waals surface area contributed by atoms with E-state index in [1.807, 2.05) is 6.07 Å². The van der Waals surface area contributed by atoms with Gasteiger partial charge in [-0.25, -0.2) is 4.98 Å².